The molecule has 0 saturated heterocycles. The molecular formula is C12H8NS. The molecule has 1 heterocycles. The molecule has 1 radical (unpaired) electrons. The first-order valence-electron chi connectivity index (χ1n) is 4.52. The van der Waals surface area contributed by atoms with Crippen LogP contribution in [0.15, 0.2) is 53.4 Å². The highest BCUT2D eigenvalue weighted by atomic mass is 32.2. The van der Waals surface area contributed by atoms with E-state index in [1.54, 1.807) is 11.9 Å². The standard InChI is InChI=1S/C12H8NS/c1-3-7-11-9(5-1)10-6-2-4-8-12(10)14-13-11/h1-8H. The Morgan fingerprint density at radius 2 is 1.50 bits per heavy atom. The highest BCUT2D eigenvalue weighted by Crippen LogP contribution is 2.41. The van der Waals surface area contributed by atoms with Gasteiger partial charge in [0, 0.05) is 22.4 Å². The van der Waals surface area contributed by atoms with E-state index >= 15 is 0 Å². The van der Waals surface area contributed by atoms with Crippen LogP contribution in [-0.4, -0.2) is 0 Å². The van der Waals surface area contributed by atoms with Gasteiger partial charge in [-0.2, -0.15) is 0 Å². The first-order chi connectivity index (χ1) is 6.95. The van der Waals surface area contributed by atoms with Crippen LogP contribution in [0, 0.1) is 0 Å². The number of hydrogen-bond acceptors (Lipinski definition) is 1. The van der Waals surface area contributed by atoms with Crippen molar-refractivity contribution in [3.8, 4) is 11.1 Å². The Kier molecular flexibility index (Phi) is 1.74. The number of hydrogen-bond donors (Lipinski definition) is 0. The van der Waals surface area contributed by atoms with Gasteiger partial charge in [0.15, 0.2) is 0 Å². The topological polar surface area (TPSA) is 14.1 Å². The van der Waals surface area contributed by atoms with Crippen LogP contribution in [0.25, 0.3) is 11.1 Å². The lowest BCUT2D eigenvalue weighted by Gasteiger charge is -2.17. The molecule has 1 aliphatic rings. The van der Waals surface area contributed by atoms with Crippen LogP contribution >= 0.6 is 11.9 Å². The summed E-state index contributed by atoms with van der Waals surface area (Å²) in [5.74, 6) is 0. The maximum absolute atomic E-state index is 4.45. The summed E-state index contributed by atoms with van der Waals surface area (Å²) in [6.45, 7) is 0. The van der Waals surface area contributed by atoms with Crippen LogP contribution < -0.4 is 4.72 Å². The van der Waals surface area contributed by atoms with E-state index < -0.39 is 0 Å². The molecule has 0 spiro atoms. The van der Waals surface area contributed by atoms with Crippen molar-refractivity contribution in [1.29, 1.82) is 0 Å². The van der Waals surface area contributed by atoms with Gasteiger partial charge in [0.2, 0.25) is 0 Å². The summed E-state index contributed by atoms with van der Waals surface area (Å²) in [6.07, 6.45) is 0. The fourth-order valence-corrected chi connectivity index (χ4v) is 2.42. The van der Waals surface area contributed by atoms with Gasteiger partial charge in [-0.1, -0.05) is 36.4 Å². The molecule has 2 heteroatoms. The minimum atomic E-state index is 1.08. The average molecular weight is 198 g/mol. The van der Waals surface area contributed by atoms with Gasteiger partial charge in [-0.15, -0.1) is 0 Å². The van der Waals surface area contributed by atoms with Crippen LogP contribution in [0.4, 0.5) is 5.69 Å². The minimum Gasteiger partial charge on any atom is -0.211 e. The molecule has 0 amide bonds. The number of benzene rings is 2. The smallest absolute Gasteiger partial charge is 0.0795 e. The van der Waals surface area contributed by atoms with Gasteiger partial charge in [-0.05, 0) is 17.7 Å². The molecule has 0 N–H and O–H groups in total. The van der Waals surface area contributed by atoms with E-state index in [4.69, 9.17) is 0 Å². The molecule has 0 atom stereocenters. The molecular weight excluding hydrogens is 190 g/mol. The van der Waals surface area contributed by atoms with Crippen molar-refractivity contribution in [1.82, 2.24) is 4.72 Å². The Morgan fingerprint density at radius 1 is 0.786 bits per heavy atom. The van der Waals surface area contributed by atoms with Crippen LogP contribution in [0.3, 0.4) is 0 Å². The van der Waals surface area contributed by atoms with Crippen molar-refractivity contribution in [2.45, 2.75) is 4.90 Å². The number of rotatable bonds is 0. The summed E-state index contributed by atoms with van der Waals surface area (Å²) in [5, 5.41) is 0. The highest BCUT2D eigenvalue weighted by Gasteiger charge is 2.15. The number of fused-ring (bicyclic) bond motifs is 3. The predicted molar refractivity (Wildman–Crippen MR) is 59.5 cm³/mol. The molecule has 0 bridgehead atoms. The summed E-state index contributed by atoms with van der Waals surface area (Å²) in [7, 11) is 0. The second-order valence-electron chi connectivity index (χ2n) is 3.20. The van der Waals surface area contributed by atoms with Gasteiger partial charge in [0.1, 0.15) is 0 Å². The SMILES string of the molecule is c1ccc2c(c1)[N]Sc1ccccc1-2. The van der Waals surface area contributed by atoms with Gasteiger partial charge < -0.3 is 0 Å². The van der Waals surface area contributed by atoms with E-state index in [1.807, 2.05) is 6.07 Å². The molecule has 1 aliphatic heterocycles. The van der Waals surface area contributed by atoms with Gasteiger partial charge in [-0.3, -0.25) is 0 Å². The normalized spacial score (nSPS) is 12.6. The molecule has 0 saturated carbocycles. The van der Waals surface area contributed by atoms with Crippen molar-refractivity contribution in [2.75, 3.05) is 0 Å². The van der Waals surface area contributed by atoms with Crippen molar-refractivity contribution in [3.05, 3.63) is 48.5 Å². The predicted octanol–water partition coefficient (Wildman–Crippen LogP) is 3.61. The van der Waals surface area contributed by atoms with Crippen LogP contribution in [0.5, 0.6) is 0 Å². The second kappa shape index (κ2) is 3.07. The summed E-state index contributed by atoms with van der Waals surface area (Å²) in [5.41, 5.74) is 3.61. The lowest BCUT2D eigenvalue weighted by atomic mass is 10.0. The third-order valence-electron chi connectivity index (χ3n) is 2.32. The van der Waals surface area contributed by atoms with E-state index in [2.05, 4.69) is 47.2 Å². The van der Waals surface area contributed by atoms with Gasteiger partial charge >= 0.3 is 0 Å². The zero-order valence-electron chi connectivity index (χ0n) is 7.47. The summed E-state index contributed by atoms with van der Waals surface area (Å²) >= 11 is 1.56. The third kappa shape index (κ3) is 1.11. The van der Waals surface area contributed by atoms with Crippen molar-refractivity contribution in [2.24, 2.45) is 0 Å². The lowest BCUT2D eigenvalue weighted by Crippen LogP contribution is -1.96. The largest absolute Gasteiger partial charge is 0.211 e. The van der Waals surface area contributed by atoms with Crippen molar-refractivity contribution in [3.63, 3.8) is 0 Å². The lowest BCUT2D eigenvalue weighted by molar-refractivity contribution is 1.30. The molecule has 67 valence electrons. The summed E-state index contributed by atoms with van der Waals surface area (Å²) in [4.78, 5) is 1.24. The van der Waals surface area contributed by atoms with E-state index in [0.29, 0.717) is 0 Å². The van der Waals surface area contributed by atoms with Crippen LogP contribution in [0.2, 0.25) is 0 Å². The van der Waals surface area contributed by atoms with Crippen LogP contribution in [-0.2, 0) is 0 Å². The summed E-state index contributed by atoms with van der Waals surface area (Å²) < 4.78 is 4.45. The fourth-order valence-electron chi connectivity index (χ4n) is 1.65. The Labute approximate surface area is 87.3 Å². The molecule has 0 unspecified atom stereocenters. The Balaban J connectivity index is 2.29. The molecule has 1 nitrogen and oxygen atoms in total. The van der Waals surface area contributed by atoms with E-state index in [-0.39, 0.29) is 0 Å². The summed E-state index contributed by atoms with van der Waals surface area (Å²) in [6, 6.07) is 16.6. The molecule has 0 aliphatic carbocycles. The van der Waals surface area contributed by atoms with E-state index in [0.717, 1.165) is 5.69 Å². The zero-order chi connectivity index (χ0) is 9.38. The van der Waals surface area contributed by atoms with Gasteiger partial charge in [0.05, 0.1) is 5.69 Å². The third-order valence-corrected chi connectivity index (χ3v) is 3.16. The molecule has 2 aromatic rings. The first kappa shape index (κ1) is 7.94. The van der Waals surface area contributed by atoms with Crippen molar-refractivity contribution < 1.29 is 0 Å². The van der Waals surface area contributed by atoms with Gasteiger partial charge in [0.25, 0.3) is 0 Å². The maximum Gasteiger partial charge on any atom is 0.0795 e. The highest BCUT2D eigenvalue weighted by molar-refractivity contribution is 7.97. The Morgan fingerprint density at radius 3 is 2.43 bits per heavy atom. The zero-order valence-corrected chi connectivity index (χ0v) is 8.29. The molecule has 0 aromatic heterocycles. The molecule has 0 fully saturated rings. The Hall–Kier alpha value is -1.41. The maximum atomic E-state index is 4.45. The van der Waals surface area contributed by atoms with Gasteiger partial charge in [-0.25, -0.2) is 4.72 Å². The van der Waals surface area contributed by atoms with Crippen LogP contribution in [0.1, 0.15) is 0 Å². The first-order valence-corrected chi connectivity index (χ1v) is 5.29. The quantitative estimate of drug-likeness (QED) is 0.590. The molecule has 2 aromatic carbocycles. The van der Waals surface area contributed by atoms with E-state index in [1.165, 1.54) is 16.0 Å². The van der Waals surface area contributed by atoms with E-state index in [9.17, 15) is 0 Å². The Bertz CT molecular complexity index is 434. The number of nitrogens with zero attached hydrogens (tertiary/aromatic N) is 1. The molecule has 3 rings (SSSR count). The average Bonchev–Trinajstić information content (AvgIpc) is 2.29. The monoisotopic (exact) mass is 198 g/mol. The minimum absolute atomic E-state index is 1.08. The fraction of sp³-hybridized carbons (Fsp3) is 0. The van der Waals surface area contributed by atoms with Crippen molar-refractivity contribution >= 4 is 17.6 Å². The second-order valence-corrected chi connectivity index (χ2v) is 4.00. The molecule has 14 heavy (non-hydrogen) atoms.